The molecular weight excluding hydrogens is 190 g/mol. The SMILES string of the molecule is COC(=O)c1nccnc1N=C=S. The highest BCUT2D eigenvalue weighted by molar-refractivity contribution is 7.78. The van der Waals surface area contributed by atoms with Crippen molar-refractivity contribution in [1.29, 1.82) is 0 Å². The maximum Gasteiger partial charge on any atom is 0.360 e. The monoisotopic (exact) mass is 195 g/mol. The number of rotatable bonds is 2. The fourth-order valence-corrected chi connectivity index (χ4v) is 0.783. The zero-order valence-corrected chi connectivity index (χ0v) is 7.54. The van der Waals surface area contributed by atoms with Crippen molar-refractivity contribution in [3.05, 3.63) is 18.1 Å². The Hall–Kier alpha value is -1.65. The number of ether oxygens (including phenoxy) is 1. The summed E-state index contributed by atoms with van der Waals surface area (Å²) in [6, 6.07) is 0. The number of carbonyl (C=O) groups is 1. The number of aliphatic imine (C=N–C) groups is 1. The lowest BCUT2D eigenvalue weighted by molar-refractivity contribution is 0.0594. The Balaban J connectivity index is 3.18. The topological polar surface area (TPSA) is 64.4 Å². The molecule has 0 aliphatic rings. The Morgan fingerprint density at radius 2 is 2.31 bits per heavy atom. The molecule has 0 spiro atoms. The minimum absolute atomic E-state index is 0.0300. The summed E-state index contributed by atoms with van der Waals surface area (Å²) in [6.45, 7) is 0. The zero-order chi connectivity index (χ0) is 9.68. The van der Waals surface area contributed by atoms with Crippen molar-refractivity contribution in [1.82, 2.24) is 9.97 Å². The first-order valence-corrected chi connectivity index (χ1v) is 3.67. The molecule has 66 valence electrons. The standard InChI is InChI=1S/C7H5N3O2S/c1-12-7(11)5-6(10-4-13)9-3-2-8-5/h2-3H,1H3. The second kappa shape index (κ2) is 4.39. The lowest BCUT2D eigenvalue weighted by Gasteiger charge is -1.98. The van der Waals surface area contributed by atoms with E-state index in [1.807, 2.05) is 0 Å². The summed E-state index contributed by atoms with van der Waals surface area (Å²) >= 11 is 4.38. The van der Waals surface area contributed by atoms with Crippen molar-refractivity contribution >= 4 is 29.2 Å². The number of thiocarbonyl (C=S) groups is 1. The number of hydrogen-bond acceptors (Lipinski definition) is 6. The molecule has 0 unspecified atom stereocenters. The third-order valence-corrected chi connectivity index (χ3v) is 1.30. The quantitative estimate of drug-likeness (QED) is 0.400. The molecule has 6 heteroatoms. The van der Waals surface area contributed by atoms with Gasteiger partial charge in [-0.3, -0.25) is 0 Å². The molecule has 0 atom stereocenters. The second-order valence-electron chi connectivity index (χ2n) is 1.92. The van der Waals surface area contributed by atoms with Crippen LogP contribution >= 0.6 is 12.2 Å². The van der Waals surface area contributed by atoms with Gasteiger partial charge in [0, 0.05) is 12.4 Å². The molecule has 0 aliphatic carbocycles. The predicted molar refractivity (Wildman–Crippen MR) is 48.1 cm³/mol. The molecule has 0 saturated carbocycles. The molecule has 0 radical (unpaired) electrons. The number of aromatic nitrogens is 2. The van der Waals surface area contributed by atoms with E-state index in [-0.39, 0.29) is 11.5 Å². The molecule has 0 aromatic carbocycles. The normalized spacial score (nSPS) is 8.69. The van der Waals surface area contributed by atoms with E-state index >= 15 is 0 Å². The van der Waals surface area contributed by atoms with Crippen LogP contribution in [0.25, 0.3) is 0 Å². The average molecular weight is 195 g/mol. The van der Waals surface area contributed by atoms with Gasteiger partial charge in [-0.05, 0) is 12.2 Å². The minimum Gasteiger partial charge on any atom is -0.464 e. The fraction of sp³-hybridized carbons (Fsp3) is 0.143. The van der Waals surface area contributed by atoms with Gasteiger partial charge in [-0.25, -0.2) is 14.8 Å². The van der Waals surface area contributed by atoms with Crippen molar-refractivity contribution in [2.75, 3.05) is 7.11 Å². The smallest absolute Gasteiger partial charge is 0.360 e. The van der Waals surface area contributed by atoms with Gasteiger partial charge in [0.15, 0.2) is 11.5 Å². The lowest BCUT2D eigenvalue weighted by Crippen LogP contribution is -2.04. The van der Waals surface area contributed by atoms with Crippen LogP contribution in [-0.2, 0) is 4.74 Å². The summed E-state index contributed by atoms with van der Waals surface area (Å²) in [7, 11) is 1.25. The van der Waals surface area contributed by atoms with Crippen molar-refractivity contribution < 1.29 is 9.53 Å². The Morgan fingerprint density at radius 3 is 2.92 bits per heavy atom. The highest BCUT2D eigenvalue weighted by Crippen LogP contribution is 2.11. The molecule has 1 aromatic rings. The van der Waals surface area contributed by atoms with Gasteiger partial charge in [0.05, 0.1) is 12.3 Å². The Kier molecular flexibility index (Phi) is 3.19. The molecule has 0 fully saturated rings. The molecular formula is C7H5N3O2S. The van der Waals surface area contributed by atoms with Crippen molar-refractivity contribution in [3.8, 4) is 0 Å². The van der Waals surface area contributed by atoms with Gasteiger partial charge in [0.25, 0.3) is 0 Å². The number of methoxy groups -OCH3 is 1. The van der Waals surface area contributed by atoms with Crippen molar-refractivity contribution in [3.63, 3.8) is 0 Å². The van der Waals surface area contributed by atoms with Gasteiger partial charge in [0.1, 0.15) is 0 Å². The Morgan fingerprint density at radius 1 is 1.62 bits per heavy atom. The highest BCUT2D eigenvalue weighted by atomic mass is 32.1. The van der Waals surface area contributed by atoms with E-state index in [1.165, 1.54) is 19.5 Å². The van der Waals surface area contributed by atoms with E-state index in [0.717, 1.165) is 0 Å². The predicted octanol–water partition coefficient (Wildman–Crippen LogP) is 0.997. The third kappa shape index (κ3) is 2.14. The van der Waals surface area contributed by atoms with Crippen LogP contribution in [0.5, 0.6) is 0 Å². The maximum atomic E-state index is 11.1. The number of carbonyl (C=O) groups excluding carboxylic acids is 1. The molecule has 0 N–H and O–H groups in total. The van der Waals surface area contributed by atoms with Crippen LogP contribution in [0.15, 0.2) is 17.4 Å². The van der Waals surface area contributed by atoms with E-state index in [9.17, 15) is 4.79 Å². The summed E-state index contributed by atoms with van der Waals surface area (Å²) in [6.07, 6.45) is 2.77. The number of hydrogen-bond donors (Lipinski definition) is 0. The van der Waals surface area contributed by atoms with Crippen LogP contribution in [-0.4, -0.2) is 28.2 Å². The molecule has 0 aliphatic heterocycles. The van der Waals surface area contributed by atoms with Crippen LogP contribution in [0, 0.1) is 0 Å². The third-order valence-electron chi connectivity index (χ3n) is 1.21. The lowest BCUT2D eigenvalue weighted by atomic mass is 10.4. The molecule has 5 nitrogen and oxygen atoms in total. The summed E-state index contributed by atoms with van der Waals surface area (Å²) in [5.74, 6) is -0.485. The van der Waals surface area contributed by atoms with Gasteiger partial charge in [-0.1, -0.05) is 0 Å². The maximum absolute atomic E-state index is 11.1. The largest absolute Gasteiger partial charge is 0.464 e. The van der Waals surface area contributed by atoms with Gasteiger partial charge in [-0.2, -0.15) is 4.99 Å². The minimum atomic E-state index is -0.600. The average Bonchev–Trinajstić information content (AvgIpc) is 2.18. The van der Waals surface area contributed by atoms with Gasteiger partial charge < -0.3 is 4.74 Å². The van der Waals surface area contributed by atoms with E-state index in [2.05, 4.69) is 37.1 Å². The summed E-state index contributed by atoms with van der Waals surface area (Å²) in [5, 5.41) is 2.10. The first-order valence-electron chi connectivity index (χ1n) is 3.26. The van der Waals surface area contributed by atoms with E-state index in [4.69, 9.17) is 0 Å². The van der Waals surface area contributed by atoms with Crippen LogP contribution in [0.3, 0.4) is 0 Å². The molecule has 1 rings (SSSR count). The summed E-state index contributed by atoms with van der Waals surface area (Å²) in [5.41, 5.74) is 0.0300. The number of isothiocyanates is 1. The molecule has 0 bridgehead atoms. The van der Waals surface area contributed by atoms with Crippen LogP contribution in [0.4, 0.5) is 5.82 Å². The van der Waals surface area contributed by atoms with Gasteiger partial charge in [-0.15, -0.1) is 0 Å². The van der Waals surface area contributed by atoms with Crippen molar-refractivity contribution in [2.24, 2.45) is 4.99 Å². The van der Waals surface area contributed by atoms with E-state index < -0.39 is 5.97 Å². The first-order chi connectivity index (χ1) is 6.29. The van der Waals surface area contributed by atoms with Crippen LogP contribution in [0.1, 0.15) is 10.5 Å². The molecule has 13 heavy (non-hydrogen) atoms. The Bertz CT molecular complexity index is 374. The second-order valence-corrected chi connectivity index (χ2v) is 2.11. The van der Waals surface area contributed by atoms with Gasteiger partial charge >= 0.3 is 5.97 Å². The molecule has 0 amide bonds. The molecule has 0 saturated heterocycles. The molecule has 1 heterocycles. The zero-order valence-electron chi connectivity index (χ0n) is 6.72. The van der Waals surface area contributed by atoms with E-state index in [1.54, 1.807) is 0 Å². The Labute approximate surface area is 79.5 Å². The molecule has 1 aromatic heterocycles. The van der Waals surface area contributed by atoms with Crippen LogP contribution < -0.4 is 0 Å². The highest BCUT2D eigenvalue weighted by Gasteiger charge is 2.12. The van der Waals surface area contributed by atoms with Crippen molar-refractivity contribution in [2.45, 2.75) is 0 Å². The fourth-order valence-electron chi connectivity index (χ4n) is 0.696. The van der Waals surface area contributed by atoms with Crippen LogP contribution in [0.2, 0.25) is 0 Å². The summed E-state index contributed by atoms with van der Waals surface area (Å²) < 4.78 is 4.46. The van der Waals surface area contributed by atoms with E-state index in [0.29, 0.717) is 0 Å². The number of esters is 1. The van der Waals surface area contributed by atoms with Gasteiger partial charge in [0.2, 0.25) is 0 Å². The summed E-state index contributed by atoms with van der Waals surface area (Å²) in [4.78, 5) is 22.2. The first kappa shape index (κ1) is 9.44. The number of nitrogens with zero attached hydrogens (tertiary/aromatic N) is 3.